The number of H-pyrrole nitrogens is 1. The number of rotatable bonds is 4. The fourth-order valence-corrected chi connectivity index (χ4v) is 2.71. The lowest BCUT2D eigenvalue weighted by atomic mass is 10.2. The average Bonchev–Trinajstić information content (AvgIpc) is 3.06. The minimum atomic E-state index is 0.147. The number of nitrogens with one attached hydrogen (secondary N) is 2. The topological polar surface area (TPSA) is 73.9 Å². The second-order valence-corrected chi connectivity index (χ2v) is 5.19. The van der Waals surface area contributed by atoms with Crippen LogP contribution in [0, 0.1) is 0 Å². The van der Waals surface area contributed by atoms with Crippen LogP contribution in [0.25, 0.3) is 11.0 Å². The molecule has 3 heterocycles. The van der Waals surface area contributed by atoms with Gasteiger partial charge < -0.3 is 15.2 Å². The van der Waals surface area contributed by atoms with Crippen LogP contribution in [0.4, 0.5) is 5.82 Å². The highest BCUT2D eigenvalue weighted by Crippen LogP contribution is 2.25. The largest absolute Gasteiger partial charge is 0.354 e. The molecular weight excluding hydrogens is 254 g/mol. The van der Waals surface area contributed by atoms with Crippen LogP contribution in [0.5, 0.6) is 0 Å². The molecule has 1 saturated heterocycles. The van der Waals surface area contributed by atoms with Gasteiger partial charge in [-0.05, 0) is 18.9 Å². The van der Waals surface area contributed by atoms with E-state index >= 15 is 0 Å². The first kappa shape index (κ1) is 12.9. The van der Waals surface area contributed by atoms with Crippen molar-refractivity contribution in [3.8, 4) is 0 Å². The van der Waals surface area contributed by atoms with E-state index in [4.69, 9.17) is 0 Å². The number of hydrogen-bond acceptors (Lipinski definition) is 4. The van der Waals surface area contributed by atoms with E-state index in [2.05, 4.69) is 25.2 Å². The molecule has 106 valence electrons. The van der Waals surface area contributed by atoms with Crippen LogP contribution in [0.3, 0.4) is 0 Å². The Morgan fingerprint density at radius 1 is 1.55 bits per heavy atom. The maximum Gasteiger partial charge on any atom is 0.220 e. The van der Waals surface area contributed by atoms with Crippen molar-refractivity contribution >= 4 is 22.8 Å². The Morgan fingerprint density at radius 2 is 2.45 bits per heavy atom. The van der Waals surface area contributed by atoms with E-state index in [1.54, 1.807) is 6.33 Å². The summed E-state index contributed by atoms with van der Waals surface area (Å²) in [6, 6.07) is 2.21. The molecule has 0 bridgehead atoms. The van der Waals surface area contributed by atoms with E-state index in [0.29, 0.717) is 6.42 Å². The van der Waals surface area contributed by atoms with Gasteiger partial charge in [0.1, 0.15) is 17.8 Å². The molecule has 2 aromatic heterocycles. The van der Waals surface area contributed by atoms with Gasteiger partial charge in [0.25, 0.3) is 0 Å². The van der Waals surface area contributed by atoms with Crippen LogP contribution >= 0.6 is 0 Å². The maximum absolute atomic E-state index is 11.7. The average molecular weight is 273 g/mol. The first-order valence-electron chi connectivity index (χ1n) is 7.10. The third-order valence-corrected chi connectivity index (χ3v) is 3.66. The van der Waals surface area contributed by atoms with Crippen LogP contribution in [0.2, 0.25) is 0 Å². The van der Waals surface area contributed by atoms with E-state index in [1.165, 1.54) is 0 Å². The summed E-state index contributed by atoms with van der Waals surface area (Å²) in [4.78, 5) is 25.6. The highest BCUT2D eigenvalue weighted by molar-refractivity contribution is 5.87. The molecule has 0 aliphatic carbocycles. The summed E-state index contributed by atoms with van der Waals surface area (Å²) in [6.45, 7) is 3.74. The second kappa shape index (κ2) is 5.48. The summed E-state index contributed by atoms with van der Waals surface area (Å²) in [5.74, 6) is 1.09. The molecule has 2 aromatic rings. The predicted molar refractivity (Wildman–Crippen MR) is 77.6 cm³/mol. The van der Waals surface area contributed by atoms with Crippen molar-refractivity contribution in [3.05, 3.63) is 18.6 Å². The Kier molecular flexibility index (Phi) is 3.54. The standard InChI is InChI=1S/C14H19N5O/c1-2-3-12(20)18-10-5-7-19(8-10)14-11-4-6-15-13(11)16-9-17-14/h4,6,9-10H,2-3,5,7-8H2,1H3,(H,18,20)(H,15,16,17). The number of aromatic amines is 1. The van der Waals surface area contributed by atoms with Gasteiger partial charge in [0, 0.05) is 31.7 Å². The number of fused-ring (bicyclic) bond motifs is 1. The second-order valence-electron chi connectivity index (χ2n) is 5.19. The summed E-state index contributed by atoms with van der Waals surface area (Å²) < 4.78 is 0. The lowest BCUT2D eigenvalue weighted by Crippen LogP contribution is -2.37. The van der Waals surface area contributed by atoms with Gasteiger partial charge >= 0.3 is 0 Å². The van der Waals surface area contributed by atoms with Crippen molar-refractivity contribution in [1.82, 2.24) is 20.3 Å². The van der Waals surface area contributed by atoms with Crippen molar-refractivity contribution in [2.24, 2.45) is 0 Å². The zero-order valence-electron chi connectivity index (χ0n) is 11.6. The zero-order chi connectivity index (χ0) is 13.9. The summed E-state index contributed by atoms with van der Waals surface area (Å²) in [5, 5.41) is 4.12. The third kappa shape index (κ3) is 2.45. The van der Waals surface area contributed by atoms with Crippen LogP contribution in [0.1, 0.15) is 26.2 Å². The van der Waals surface area contributed by atoms with E-state index in [9.17, 15) is 4.79 Å². The number of amides is 1. The molecule has 0 aromatic carbocycles. The number of carbonyl (C=O) groups is 1. The van der Waals surface area contributed by atoms with Gasteiger partial charge in [-0.15, -0.1) is 0 Å². The highest BCUT2D eigenvalue weighted by atomic mass is 16.1. The number of aromatic nitrogens is 3. The summed E-state index contributed by atoms with van der Waals surface area (Å²) in [6.07, 6.45) is 5.91. The van der Waals surface area contributed by atoms with Crippen molar-refractivity contribution in [3.63, 3.8) is 0 Å². The summed E-state index contributed by atoms with van der Waals surface area (Å²) in [5.41, 5.74) is 0.855. The molecule has 1 aliphatic rings. The number of carbonyl (C=O) groups excluding carboxylic acids is 1. The van der Waals surface area contributed by atoms with Gasteiger partial charge in [-0.1, -0.05) is 6.92 Å². The lowest BCUT2D eigenvalue weighted by Gasteiger charge is -2.18. The Balaban J connectivity index is 1.71. The SMILES string of the molecule is CCCC(=O)NC1CCN(c2ncnc3[nH]ccc23)C1. The normalized spacial score (nSPS) is 18.6. The van der Waals surface area contributed by atoms with Crippen LogP contribution < -0.4 is 10.2 Å². The first-order chi connectivity index (χ1) is 9.78. The molecule has 6 nitrogen and oxygen atoms in total. The minimum absolute atomic E-state index is 0.147. The molecule has 3 rings (SSSR count). The minimum Gasteiger partial charge on any atom is -0.354 e. The molecule has 0 saturated carbocycles. The highest BCUT2D eigenvalue weighted by Gasteiger charge is 2.25. The Bertz CT molecular complexity index is 608. The van der Waals surface area contributed by atoms with Gasteiger partial charge in [-0.2, -0.15) is 0 Å². The molecule has 1 aliphatic heterocycles. The van der Waals surface area contributed by atoms with Crippen molar-refractivity contribution < 1.29 is 4.79 Å². The maximum atomic E-state index is 11.7. The fourth-order valence-electron chi connectivity index (χ4n) is 2.71. The number of anilines is 1. The fraction of sp³-hybridized carbons (Fsp3) is 0.500. The van der Waals surface area contributed by atoms with Crippen LogP contribution in [0.15, 0.2) is 18.6 Å². The number of nitrogens with zero attached hydrogens (tertiary/aromatic N) is 3. The third-order valence-electron chi connectivity index (χ3n) is 3.66. The first-order valence-corrected chi connectivity index (χ1v) is 7.10. The Labute approximate surface area is 117 Å². The Hall–Kier alpha value is -2.11. The van der Waals surface area contributed by atoms with Crippen molar-refractivity contribution in [2.45, 2.75) is 32.2 Å². The lowest BCUT2D eigenvalue weighted by molar-refractivity contribution is -0.121. The van der Waals surface area contributed by atoms with Gasteiger partial charge in [0.2, 0.25) is 5.91 Å². The molecule has 1 amide bonds. The smallest absolute Gasteiger partial charge is 0.220 e. The molecular formula is C14H19N5O. The molecule has 20 heavy (non-hydrogen) atoms. The summed E-state index contributed by atoms with van der Waals surface area (Å²) in [7, 11) is 0. The molecule has 0 spiro atoms. The zero-order valence-corrected chi connectivity index (χ0v) is 11.6. The van der Waals surface area contributed by atoms with Gasteiger partial charge in [0.05, 0.1) is 5.39 Å². The van der Waals surface area contributed by atoms with Crippen molar-refractivity contribution in [1.29, 1.82) is 0 Å². The van der Waals surface area contributed by atoms with Gasteiger partial charge in [0.15, 0.2) is 0 Å². The quantitative estimate of drug-likeness (QED) is 0.884. The van der Waals surface area contributed by atoms with E-state index in [1.807, 2.05) is 19.2 Å². The molecule has 0 radical (unpaired) electrons. The molecule has 1 atom stereocenters. The predicted octanol–water partition coefficient (Wildman–Crippen LogP) is 1.45. The monoisotopic (exact) mass is 273 g/mol. The van der Waals surface area contributed by atoms with Crippen molar-refractivity contribution in [2.75, 3.05) is 18.0 Å². The molecule has 1 unspecified atom stereocenters. The van der Waals surface area contributed by atoms with E-state index < -0.39 is 0 Å². The van der Waals surface area contributed by atoms with E-state index in [-0.39, 0.29) is 11.9 Å². The Morgan fingerprint density at radius 3 is 3.30 bits per heavy atom. The number of hydrogen-bond donors (Lipinski definition) is 2. The molecule has 1 fully saturated rings. The van der Waals surface area contributed by atoms with Crippen LogP contribution in [-0.4, -0.2) is 40.0 Å². The molecule has 6 heteroatoms. The van der Waals surface area contributed by atoms with Gasteiger partial charge in [-0.25, -0.2) is 9.97 Å². The van der Waals surface area contributed by atoms with Crippen LogP contribution in [-0.2, 0) is 4.79 Å². The van der Waals surface area contributed by atoms with E-state index in [0.717, 1.165) is 42.8 Å². The van der Waals surface area contributed by atoms with Gasteiger partial charge in [-0.3, -0.25) is 4.79 Å². The molecule has 2 N–H and O–H groups in total. The summed E-state index contributed by atoms with van der Waals surface area (Å²) >= 11 is 0.